The summed E-state index contributed by atoms with van der Waals surface area (Å²) in [6.45, 7) is 2.03. The fraction of sp³-hybridized carbons (Fsp3) is 0.133. The highest BCUT2D eigenvalue weighted by molar-refractivity contribution is 6.30. The SMILES string of the molecule is Cc1ccc(O)c(C(=O)NCc2ccc(F)c(Cl)c2)c1. The molecule has 0 aliphatic carbocycles. The van der Waals surface area contributed by atoms with Crippen LogP contribution in [-0.2, 0) is 6.54 Å². The highest BCUT2D eigenvalue weighted by atomic mass is 35.5. The zero-order chi connectivity index (χ0) is 14.7. The molecule has 2 aromatic rings. The second-order valence-corrected chi connectivity index (χ2v) is 4.86. The number of phenolic OH excluding ortho intramolecular Hbond substituents is 1. The first-order chi connectivity index (χ1) is 9.47. The molecule has 0 saturated carbocycles. The Kier molecular flexibility index (Phi) is 4.25. The Morgan fingerprint density at radius 3 is 2.75 bits per heavy atom. The first-order valence-electron chi connectivity index (χ1n) is 5.99. The smallest absolute Gasteiger partial charge is 0.255 e. The highest BCUT2D eigenvalue weighted by Crippen LogP contribution is 2.19. The molecule has 0 unspecified atom stereocenters. The van der Waals surface area contributed by atoms with E-state index in [1.165, 1.54) is 24.3 Å². The topological polar surface area (TPSA) is 49.3 Å². The maximum absolute atomic E-state index is 13.0. The molecule has 0 aromatic heterocycles. The van der Waals surface area contributed by atoms with E-state index in [-0.39, 0.29) is 22.9 Å². The summed E-state index contributed by atoms with van der Waals surface area (Å²) >= 11 is 5.66. The molecule has 0 atom stereocenters. The third-order valence-corrected chi connectivity index (χ3v) is 3.12. The van der Waals surface area contributed by atoms with Gasteiger partial charge in [0.25, 0.3) is 5.91 Å². The summed E-state index contributed by atoms with van der Waals surface area (Å²) in [5.41, 5.74) is 1.76. The van der Waals surface area contributed by atoms with Gasteiger partial charge in [-0.1, -0.05) is 29.3 Å². The lowest BCUT2D eigenvalue weighted by Crippen LogP contribution is -2.23. The highest BCUT2D eigenvalue weighted by Gasteiger charge is 2.11. The van der Waals surface area contributed by atoms with Gasteiger partial charge in [-0.05, 0) is 36.8 Å². The summed E-state index contributed by atoms with van der Waals surface area (Å²) in [7, 11) is 0. The molecular weight excluding hydrogens is 281 g/mol. The molecular formula is C15H13ClFNO2. The van der Waals surface area contributed by atoms with Gasteiger partial charge < -0.3 is 10.4 Å². The van der Waals surface area contributed by atoms with E-state index in [9.17, 15) is 14.3 Å². The molecule has 0 fully saturated rings. The Bertz CT molecular complexity index is 658. The molecule has 104 valence electrons. The van der Waals surface area contributed by atoms with Gasteiger partial charge >= 0.3 is 0 Å². The number of amides is 1. The van der Waals surface area contributed by atoms with Crippen LogP contribution in [0.1, 0.15) is 21.5 Å². The number of carbonyl (C=O) groups excluding carboxylic acids is 1. The van der Waals surface area contributed by atoms with Crippen molar-refractivity contribution in [3.63, 3.8) is 0 Å². The van der Waals surface area contributed by atoms with Crippen LogP contribution in [0.4, 0.5) is 4.39 Å². The van der Waals surface area contributed by atoms with E-state index >= 15 is 0 Å². The van der Waals surface area contributed by atoms with Crippen molar-refractivity contribution in [3.05, 3.63) is 63.9 Å². The Balaban J connectivity index is 2.08. The van der Waals surface area contributed by atoms with E-state index in [1.807, 2.05) is 6.92 Å². The van der Waals surface area contributed by atoms with Gasteiger partial charge in [0.1, 0.15) is 11.6 Å². The number of benzene rings is 2. The molecule has 20 heavy (non-hydrogen) atoms. The van der Waals surface area contributed by atoms with Crippen molar-refractivity contribution in [3.8, 4) is 5.75 Å². The first kappa shape index (κ1) is 14.3. The zero-order valence-electron chi connectivity index (χ0n) is 10.8. The quantitative estimate of drug-likeness (QED) is 0.911. The second kappa shape index (κ2) is 5.92. The number of aryl methyl sites for hydroxylation is 1. The Morgan fingerprint density at radius 1 is 1.30 bits per heavy atom. The van der Waals surface area contributed by atoms with Crippen molar-refractivity contribution >= 4 is 17.5 Å². The largest absolute Gasteiger partial charge is 0.507 e. The van der Waals surface area contributed by atoms with E-state index in [2.05, 4.69) is 5.32 Å². The third-order valence-electron chi connectivity index (χ3n) is 2.83. The van der Waals surface area contributed by atoms with Gasteiger partial charge in [-0.2, -0.15) is 0 Å². The molecule has 0 saturated heterocycles. The van der Waals surface area contributed by atoms with Crippen LogP contribution in [0.2, 0.25) is 5.02 Å². The van der Waals surface area contributed by atoms with E-state index in [4.69, 9.17) is 11.6 Å². The molecule has 0 radical (unpaired) electrons. The Labute approximate surface area is 121 Å². The van der Waals surface area contributed by atoms with Crippen LogP contribution in [0.3, 0.4) is 0 Å². The van der Waals surface area contributed by atoms with Crippen LogP contribution in [0, 0.1) is 12.7 Å². The minimum atomic E-state index is -0.502. The number of halogens is 2. The van der Waals surface area contributed by atoms with E-state index in [0.29, 0.717) is 5.56 Å². The number of hydrogen-bond donors (Lipinski definition) is 2. The summed E-state index contributed by atoms with van der Waals surface area (Å²) in [5.74, 6) is -0.977. The van der Waals surface area contributed by atoms with Crippen molar-refractivity contribution in [1.29, 1.82) is 0 Å². The molecule has 5 heteroatoms. The molecule has 0 aliphatic rings. The second-order valence-electron chi connectivity index (χ2n) is 4.45. The fourth-order valence-electron chi connectivity index (χ4n) is 1.76. The van der Waals surface area contributed by atoms with E-state index in [1.54, 1.807) is 12.1 Å². The van der Waals surface area contributed by atoms with Gasteiger partial charge in [0, 0.05) is 6.54 Å². The Morgan fingerprint density at radius 2 is 2.05 bits per heavy atom. The van der Waals surface area contributed by atoms with E-state index < -0.39 is 11.7 Å². The molecule has 2 N–H and O–H groups in total. The molecule has 0 bridgehead atoms. The minimum absolute atomic E-state index is 0.00940. The molecule has 3 nitrogen and oxygen atoms in total. The third kappa shape index (κ3) is 3.27. The van der Waals surface area contributed by atoms with Gasteiger partial charge in [-0.15, -0.1) is 0 Å². The normalized spacial score (nSPS) is 10.3. The number of hydrogen-bond acceptors (Lipinski definition) is 2. The average molecular weight is 294 g/mol. The van der Waals surface area contributed by atoms with Crippen LogP contribution < -0.4 is 5.32 Å². The average Bonchev–Trinajstić information content (AvgIpc) is 2.42. The molecule has 0 spiro atoms. The summed E-state index contributed by atoms with van der Waals surface area (Å²) in [5, 5.41) is 12.3. The maximum atomic E-state index is 13.0. The van der Waals surface area contributed by atoms with E-state index in [0.717, 1.165) is 5.56 Å². The maximum Gasteiger partial charge on any atom is 0.255 e. The predicted octanol–water partition coefficient (Wildman–Crippen LogP) is 3.42. The van der Waals surface area contributed by atoms with Crippen LogP contribution >= 0.6 is 11.6 Å². The lowest BCUT2D eigenvalue weighted by atomic mass is 10.1. The number of phenols is 1. The first-order valence-corrected chi connectivity index (χ1v) is 6.37. The van der Waals surface area contributed by atoms with Gasteiger partial charge in [0.15, 0.2) is 0 Å². The van der Waals surface area contributed by atoms with Gasteiger partial charge in [-0.3, -0.25) is 4.79 Å². The molecule has 1 amide bonds. The predicted molar refractivity (Wildman–Crippen MR) is 75.4 cm³/mol. The molecule has 2 aromatic carbocycles. The summed E-state index contributed by atoms with van der Waals surface area (Å²) in [4.78, 5) is 12.0. The molecule has 0 aliphatic heterocycles. The van der Waals surface area contributed by atoms with Crippen LogP contribution in [0.15, 0.2) is 36.4 Å². The minimum Gasteiger partial charge on any atom is -0.507 e. The van der Waals surface area contributed by atoms with Gasteiger partial charge in [0.05, 0.1) is 10.6 Å². The monoisotopic (exact) mass is 293 g/mol. The van der Waals surface area contributed by atoms with Crippen LogP contribution in [-0.4, -0.2) is 11.0 Å². The molecule has 0 heterocycles. The number of rotatable bonds is 3. The fourth-order valence-corrected chi connectivity index (χ4v) is 1.96. The molecule has 2 rings (SSSR count). The van der Waals surface area contributed by atoms with Gasteiger partial charge in [0.2, 0.25) is 0 Å². The Hall–Kier alpha value is -2.07. The lowest BCUT2D eigenvalue weighted by molar-refractivity contribution is 0.0948. The zero-order valence-corrected chi connectivity index (χ0v) is 11.5. The van der Waals surface area contributed by atoms with Crippen molar-refractivity contribution in [2.24, 2.45) is 0 Å². The summed E-state index contributed by atoms with van der Waals surface area (Å²) < 4.78 is 13.0. The standard InChI is InChI=1S/C15H13ClFNO2/c1-9-2-5-14(19)11(6-9)15(20)18-8-10-3-4-13(17)12(16)7-10/h2-7,19H,8H2,1H3,(H,18,20). The lowest BCUT2D eigenvalue weighted by Gasteiger charge is -2.08. The summed E-state index contributed by atoms with van der Waals surface area (Å²) in [6, 6.07) is 9.02. The van der Waals surface area contributed by atoms with Crippen LogP contribution in [0.5, 0.6) is 5.75 Å². The van der Waals surface area contributed by atoms with Crippen LogP contribution in [0.25, 0.3) is 0 Å². The number of aromatic hydroxyl groups is 1. The number of nitrogens with one attached hydrogen (secondary N) is 1. The van der Waals surface area contributed by atoms with Crippen molar-refractivity contribution in [2.75, 3.05) is 0 Å². The summed E-state index contributed by atoms with van der Waals surface area (Å²) in [6.07, 6.45) is 0. The number of carbonyl (C=O) groups is 1. The van der Waals surface area contributed by atoms with Crippen molar-refractivity contribution in [2.45, 2.75) is 13.5 Å². The van der Waals surface area contributed by atoms with Gasteiger partial charge in [-0.25, -0.2) is 4.39 Å². The van der Waals surface area contributed by atoms with Crippen molar-refractivity contribution in [1.82, 2.24) is 5.32 Å². The van der Waals surface area contributed by atoms with Crippen molar-refractivity contribution < 1.29 is 14.3 Å².